The van der Waals surface area contributed by atoms with Gasteiger partial charge in [-0.3, -0.25) is 4.98 Å². The van der Waals surface area contributed by atoms with Crippen molar-refractivity contribution in [2.75, 3.05) is 0 Å². The molecule has 1 aromatic heterocycles. The highest BCUT2D eigenvalue weighted by molar-refractivity contribution is 6.17. The molecule has 1 aromatic rings. The Kier molecular flexibility index (Phi) is 3.73. The van der Waals surface area contributed by atoms with Crippen LogP contribution in [0.3, 0.4) is 0 Å². The molecule has 72 valence electrons. The molecule has 0 N–H and O–H groups in total. The summed E-state index contributed by atoms with van der Waals surface area (Å²) in [6.45, 7) is 6.39. The van der Waals surface area contributed by atoms with Gasteiger partial charge in [-0.2, -0.15) is 0 Å². The molecule has 0 fully saturated rings. The fourth-order valence-electron chi connectivity index (χ4n) is 1.57. The zero-order chi connectivity index (χ0) is 9.84. The van der Waals surface area contributed by atoms with Gasteiger partial charge in [-0.25, -0.2) is 0 Å². The average molecular weight is 198 g/mol. The summed E-state index contributed by atoms with van der Waals surface area (Å²) in [5, 5.41) is 0. The molecular weight excluding hydrogens is 182 g/mol. The molecule has 0 amide bonds. The highest BCUT2D eigenvalue weighted by Gasteiger charge is 2.06. The quantitative estimate of drug-likeness (QED) is 0.677. The van der Waals surface area contributed by atoms with E-state index in [4.69, 9.17) is 11.6 Å². The molecule has 0 saturated carbocycles. The third kappa shape index (κ3) is 2.22. The fourth-order valence-corrected chi connectivity index (χ4v) is 1.84. The van der Waals surface area contributed by atoms with Crippen molar-refractivity contribution in [2.24, 2.45) is 0 Å². The topological polar surface area (TPSA) is 12.9 Å². The first kappa shape index (κ1) is 10.5. The maximum Gasteiger partial charge on any atom is 0.0492 e. The highest BCUT2D eigenvalue weighted by Crippen LogP contribution is 2.18. The van der Waals surface area contributed by atoms with Crippen molar-refractivity contribution < 1.29 is 0 Å². The number of hydrogen-bond donors (Lipinski definition) is 0. The Morgan fingerprint density at radius 1 is 1.38 bits per heavy atom. The van der Waals surface area contributed by atoms with Gasteiger partial charge in [0.05, 0.1) is 0 Å². The van der Waals surface area contributed by atoms with Gasteiger partial charge < -0.3 is 0 Å². The largest absolute Gasteiger partial charge is 0.261 e. The first-order chi connectivity index (χ1) is 6.20. The molecule has 0 aliphatic rings. The van der Waals surface area contributed by atoms with Crippen LogP contribution in [0.1, 0.15) is 35.7 Å². The summed E-state index contributed by atoms with van der Waals surface area (Å²) in [6.07, 6.45) is 4.15. The van der Waals surface area contributed by atoms with E-state index in [1.165, 1.54) is 11.1 Å². The van der Waals surface area contributed by atoms with Crippen LogP contribution in [-0.4, -0.2) is 4.98 Å². The molecule has 1 nitrogen and oxygen atoms in total. The van der Waals surface area contributed by atoms with Crippen molar-refractivity contribution in [1.29, 1.82) is 0 Å². The van der Waals surface area contributed by atoms with E-state index in [2.05, 4.69) is 25.8 Å². The minimum Gasteiger partial charge on any atom is -0.261 e. The molecular formula is C11H16ClN. The van der Waals surface area contributed by atoms with Crippen molar-refractivity contribution in [3.63, 3.8) is 0 Å². The zero-order valence-corrected chi connectivity index (χ0v) is 9.28. The Labute approximate surface area is 85.1 Å². The van der Waals surface area contributed by atoms with Crippen LogP contribution in [-0.2, 0) is 12.3 Å². The molecule has 0 unspecified atom stereocenters. The van der Waals surface area contributed by atoms with Gasteiger partial charge in [-0.15, -0.1) is 11.6 Å². The summed E-state index contributed by atoms with van der Waals surface area (Å²) in [4.78, 5) is 4.34. The van der Waals surface area contributed by atoms with Crippen LogP contribution < -0.4 is 0 Å². The molecule has 0 aliphatic carbocycles. The van der Waals surface area contributed by atoms with E-state index in [1.54, 1.807) is 0 Å². The van der Waals surface area contributed by atoms with Crippen LogP contribution in [0.25, 0.3) is 0 Å². The maximum atomic E-state index is 5.82. The normalized spacial score (nSPS) is 10.5. The predicted octanol–water partition coefficient (Wildman–Crippen LogP) is 3.39. The molecule has 0 bridgehead atoms. The van der Waals surface area contributed by atoms with Gasteiger partial charge in [0, 0.05) is 17.8 Å². The Hall–Kier alpha value is -0.560. The number of alkyl halides is 1. The lowest BCUT2D eigenvalue weighted by Gasteiger charge is -2.10. The van der Waals surface area contributed by atoms with E-state index in [0.29, 0.717) is 5.88 Å². The molecule has 0 saturated heterocycles. The first-order valence-corrected chi connectivity index (χ1v) is 5.24. The second-order valence-corrected chi connectivity index (χ2v) is 3.62. The average Bonchev–Trinajstić information content (AvgIpc) is 2.12. The molecule has 0 spiro atoms. The lowest BCUT2D eigenvalue weighted by atomic mass is 10.00. The Bertz CT molecular complexity index is 294. The third-order valence-electron chi connectivity index (χ3n) is 2.43. The Morgan fingerprint density at radius 2 is 2.08 bits per heavy atom. The van der Waals surface area contributed by atoms with Crippen molar-refractivity contribution in [2.45, 2.75) is 39.5 Å². The minimum atomic E-state index is 0.565. The predicted molar refractivity (Wildman–Crippen MR) is 57.3 cm³/mol. The van der Waals surface area contributed by atoms with Crippen LogP contribution in [0.4, 0.5) is 0 Å². The van der Waals surface area contributed by atoms with Crippen LogP contribution in [0.5, 0.6) is 0 Å². The minimum absolute atomic E-state index is 0.565. The van der Waals surface area contributed by atoms with E-state index >= 15 is 0 Å². The molecule has 0 aromatic carbocycles. The third-order valence-corrected chi connectivity index (χ3v) is 2.72. The van der Waals surface area contributed by atoms with Crippen LogP contribution in [0.2, 0.25) is 0 Å². The van der Waals surface area contributed by atoms with Crippen molar-refractivity contribution in [3.8, 4) is 0 Å². The van der Waals surface area contributed by atoms with Gasteiger partial charge in [0.2, 0.25) is 0 Å². The monoisotopic (exact) mass is 197 g/mol. The number of rotatable bonds is 3. The van der Waals surface area contributed by atoms with Crippen LogP contribution in [0.15, 0.2) is 6.20 Å². The van der Waals surface area contributed by atoms with Crippen LogP contribution >= 0.6 is 11.6 Å². The number of halogens is 1. The summed E-state index contributed by atoms with van der Waals surface area (Å²) in [6, 6.07) is 0. The second kappa shape index (κ2) is 4.61. The van der Waals surface area contributed by atoms with Gasteiger partial charge in [-0.05, 0) is 37.0 Å². The summed E-state index contributed by atoms with van der Waals surface area (Å²) in [5.41, 5.74) is 5.01. The Morgan fingerprint density at radius 3 is 2.62 bits per heavy atom. The van der Waals surface area contributed by atoms with Gasteiger partial charge in [0.15, 0.2) is 0 Å². The van der Waals surface area contributed by atoms with Gasteiger partial charge in [0.25, 0.3) is 0 Å². The van der Waals surface area contributed by atoms with Crippen molar-refractivity contribution in [1.82, 2.24) is 4.98 Å². The molecule has 13 heavy (non-hydrogen) atoms. The second-order valence-electron chi connectivity index (χ2n) is 3.36. The maximum absolute atomic E-state index is 5.82. The summed E-state index contributed by atoms with van der Waals surface area (Å²) >= 11 is 5.82. The summed E-state index contributed by atoms with van der Waals surface area (Å²) < 4.78 is 0. The van der Waals surface area contributed by atoms with E-state index in [0.717, 1.165) is 24.1 Å². The number of aryl methyl sites for hydroxylation is 1. The van der Waals surface area contributed by atoms with Crippen LogP contribution in [0, 0.1) is 13.8 Å². The van der Waals surface area contributed by atoms with Gasteiger partial charge in [0.1, 0.15) is 0 Å². The van der Waals surface area contributed by atoms with E-state index in [-0.39, 0.29) is 0 Å². The van der Waals surface area contributed by atoms with E-state index in [1.807, 2.05) is 6.20 Å². The number of nitrogens with zero attached hydrogens (tertiary/aromatic N) is 1. The molecule has 0 aliphatic heterocycles. The molecule has 0 atom stereocenters. The van der Waals surface area contributed by atoms with Gasteiger partial charge in [-0.1, -0.05) is 13.3 Å². The SMILES string of the molecule is CCCc1c(C)ncc(CCl)c1C. The lowest BCUT2D eigenvalue weighted by Crippen LogP contribution is -2.00. The zero-order valence-electron chi connectivity index (χ0n) is 8.52. The standard InChI is InChI=1S/C11H16ClN/c1-4-5-11-8(2)10(6-12)7-13-9(11)3/h7H,4-6H2,1-3H3. The van der Waals surface area contributed by atoms with E-state index in [9.17, 15) is 0 Å². The van der Waals surface area contributed by atoms with Crippen molar-refractivity contribution in [3.05, 3.63) is 28.6 Å². The molecule has 0 radical (unpaired) electrons. The smallest absolute Gasteiger partial charge is 0.0492 e. The molecule has 1 heterocycles. The Balaban J connectivity index is 3.13. The molecule has 1 rings (SSSR count). The number of hydrogen-bond acceptors (Lipinski definition) is 1. The highest BCUT2D eigenvalue weighted by atomic mass is 35.5. The lowest BCUT2D eigenvalue weighted by molar-refractivity contribution is 0.882. The summed E-state index contributed by atoms with van der Waals surface area (Å²) in [5.74, 6) is 0.565. The summed E-state index contributed by atoms with van der Waals surface area (Å²) in [7, 11) is 0. The number of aromatic nitrogens is 1. The number of pyridine rings is 1. The molecule has 2 heteroatoms. The van der Waals surface area contributed by atoms with E-state index < -0.39 is 0 Å². The van der Waals surface area contributed by atoms with Crippen molar-refractivity contribution >= 4 is 11.6 Å². The van der Waals surface area contributed by atoms with Gasteiger partial charge >= 0.3 is 0 Å². The first-order valence-electron chi connectivity index (χ1n) is 4.70. The fraction of sp³-hybridized carbons (Fsp3) is 0.545.